The molecule has 0 N–H and O–H groups in total. The monoisotopic (exact) mass is 352 g/mol. The molecule has 112 valence electrons. The van der Waals surface area contributed by atoms with Gasteiger partial charge in [0.2, 0.25) is 0 Å². The van der Waals surface area contributed by atoms with Gasteiger partial charge in [0.25, 0.3) is 11.6 Å². The van der Waals surface area contributed by atoms with E-state index >= 15 is 0 Å². The van der Waals surface area contributed by atoms with Gasteiger partial charge in [0.1, 0.15) is 0 Å². The van der Waals surface area contributed by atoms with Crippen LogP contribution in [0.4, 0.5) is 5.69 Å². The van der Waals surface area contributed by atoms with Crippen molar-refractivity contribution in [1.29, 1.82) is 0 Å². The van der Waals surface area contributed by atoms with E-state index in [4.69, 9.17) is 0 Å². The maximum atomic E-state index is 12.6. The summed E-state index contributed by atoms with van der Waals surface area (Å²) in [7, 11) is 0. The summed E-state index contributed by atoms with van der Waals surface area (Å²) in [6.07, 6.45) is 4.28. The van der Waals surface area contributed by atoms with Crippen molar-refractivity contribution in [1.82, 2.24) is 4.90 Å². The lowest BCUT2D eigenvalue weighted by atomic mass is 9.70. The van der Waals surface area contributed by atoms with Crippen molar-refractivity contribution in [3.8, 4) is 0 Å². The normalized spacial score (nSPS) is 19.9. The van der Waals surface area contributed by atoms with Gasteiger partial charge < -0.3 is 4.90 Å². The quantitative estimate of drug-likeness (QED) is 0.475. The van der Waals surface area contributed by atoms with Crippen LogP contribution in [0.5, 0.6) is 0 Å². The number of carbonyl (C=O) groups is 1. The van der Waals surface area contributed by atoms with Crippen molar-refractivity contribution >= 4 is 27.5 Å². The van der Waals surface area contributed by atoms with E-state index < -0.39 is 4.92 Å². The van der Waals surface area contributed by atoms with E-state index in [0.717, 1.165) is 36.7 Å². The number of hydrogen-bond acceptors (Lipinski definition) is 3. The van der Waals surface area contributed by atoms with Crippen molar-refractivity contribution < 1.29 is 9.72 Å². The molecule has 0 spiro atoms. The standard InChI is InChI=1S/C15H17BrN2O3/c16-9-15(5-1-6-15)10-17-7-4-11-2-3-12(18(20)21)8-13(11)14(17)19/h2-3,8H,1,4-7,9-10H2. The number of alkyl halides is 1. The van der Waals surface area contributed by atoms with Crippen LogP contribution in [0.25, 0.3) is 0 Å². The molecule has 1 heterocycles. The Kier molecular flexibility index (Phi) is 3.73. The van der Waals surface area contributed by atoms with Gasteiger partial charge in [0.05, 0.1) is 4.92 Å². The smallest absolute Gasteiger partial charge is 0.270 e. The largest absolute Gasteiger partial charge is 0.338 e. The number of benzene rings is 1. The molecule has 1 aliphatic carbocycles. The van der Waals surface area contributed by atoms with E-state index in [1.54, 1.807) is 6.07 Å². The van der Waals surface area contributed by atoms with Crippen LogP contribution in [-0.4, -0.2) is 34.2 Å². The van der Waals surface area contributed by atoms with Gasteiger partial charge in [-0.25, -0.2) is 0 Å². The van der Waals surface area contributed by atoms with Crippen LogP contribution in [0, 0.1) is 15.5 Å². The van der Waals surface area contributed by atoms with E-state index in [0.29, 0.717) is 12.1 Å². The van der Waals surface area contributed by atoms with E-state index in [1.807, 2.05) is 4.90 Å². The minimum absolute atomic E-state index is 0.0113. The summed E-state index contributed by atoms with van der Waals surface area (Å²) in [5.74, 6) is -0.0628. The van der Waals surface area contributed by atoms with Gasteiger partial charge in [0, 0.05) is 36.1 Å². The Morgan fingerprint density at radius 3 is 2.71 bits per heavy atom. The lowest BCUT2D eigenvalue weighted by Crippen LogP contribution is -2.48. The van der Waals surface area contributed by atoms with Gasteiger partial charge in [-0.1, -0.05) is 28.4 Å². The van der Waals surface area contributed by atoms with Crippen LogP contribution >= 0.6 is 15.9 Å². The first-order valence-electron chi connectivity index (χ1n) is 7.17. The summed E-state index contributed by atoms with van der Waals surface area (Å²) >= 11 is 3.57. The topological polar surface area (TPSA) is 63.4 Å². The molecule has 1 amide bonds. The molecule has 0 unspecified atom stereocenters. The minimum Gasteiger partial charge on any atom is -0.338 e. The number of hydrogen-bond donors (Lipinski definition) is 0. The zero-order chi connectivity index (χ0) is 15.0. The van der Waals surface area contributed by atoms with E-state index in [-0.39, 0.29) is 17.0 Å². The fourth-order valence-electron chi connectivity index (χ4n) is 3.19. The number of fused-ring (bicyclic) bond motifs is 1. The molecule has 1 aromatic carbocycles. The summed E-state index contributed by atoms with van der Waals surface area (Å²) in [5, 5.41) is 11.8. The molecule has 1 aromatic rings. The molecular formula is C15H17BrN2O3. The van der Waals surface area contributed by atoms with Crippen LogP contribution < -0.4 is 0 Å². The molecule has 1 saturated carbocycles. The Bertz CT molecular complexity index is 593. The van der Waals surface area contributed by atoms with Crippen LogP contribution in [0.2, 0.25) is 0 Å². The van der Waals surface area contributed by atoms with Gasteiger partial charge in [-0.05, 0) is 30.2 Å². The predicted octanol–water partition coefficient (Wildman–Crippen LogP) is 3.16. The van der Waals surface area contributed by atoms with Gasteiger partial charge in [-0.2, -0.15) is 0 Å². The molecule has 0 aromatic heterocycles. The SMILES string of the molecule is O=C1c2cc([N+](=O)[O-])ccc2CCN1CC1(CBr)CCC1. The molecule has 2 aliphatic rings. The summed E-state index contributed by atoms with van der Waals surface area (Å²) in [5.41, 5.74) is 1.61. The summed E-state index contributed by atoms with van der Waals surface area (Å²) in [6, 6.07) is 4.62. The lowest BCUT2D eigenvalue weighted by Gasteiger charge is -2.45. The zero-order valence-corrected chi connectivity index (χ0v) is 13.3. The highest BCUT2D eigenvalue weighted by atomic mass is 79.9. The van der Waals surface area contributed by atoms with Crippen LogP contribution in [0.15, 0.2) is 18.2 Å². The van der Waals surface area contributed by atoms with E-state index in [9.17, 15) is 14.9 Å². The third-order valence-corrected chi connectivity index (χ3v) is 5.89. The maximum Gasteiger partial charge on any atom is 0.270 e. The molecule has 21 heavy (non-hydrogen) atoms. The molecule has 6 heteroatoms. The van der Waals surface area contributed by atoms with E-state index in [1.165, 1.54) is 18.6 Å². The van der Waals surface area contributed by atoms with Gasteiger partial charge in [-0.15, -0.1) is 0 Å². The minimum atomic E-state index is -0.446. The molecule has 0 radical (unpaired) electrons. The second-order valence-electron chi connectivity index (χ2n) is 6.06. The number of amides is 1. The maximum absolute atomic E-state index is 12.6. The summed E-state index contributed by atoms with van der Waals surface area (Å²) in [6.45, 7) is 1.46. The molecule has 0 bridgehead atoms. The molecular weight excluding hydrogens is 336 g/mol. The Hall–Kier alpha value is -1.43. The number of non-ortho nitro benzene ring substituents is 1. The Labute approximate surface area is 131 Å². The number of halogens is 1. The highest BCUT2D eigenvalue weighted by molar-refractivity contribution is 9.09. The average molecular weight is 353 g/mol. The highest BCUT2D eigenvalue weighted by Crippen LogP contribution is 2.43. The Morgan fingerprint density at radius 2 is 2.14 bits per heavy atom. The molecule has 3 rings (SSSR count). The second kappa shape index (κ2) is 5.40. The first-order chi connectivity index (χ1) is 10.0. The number of nitrogens with zero attached hydrogens (tertiary/aromatic N) is 2. The molecule has 5 nitrogen and oxygen atoms in total. The first kappa shape index (κ1) is 14.5. The molecule has 0 saturated heterocycles. The number of nitro benzene ring substituents is 1. The van der Waals surface area contributed by atoms with Crippen molar-refractivity contribution in [2.75, 3.05) is 18.4 Å². The lowest BCUT2D eigenvalue weighted by molar-refractivity contribution is -0.384. The summed E-state index contributed by atoms with van der Waals surface area (Å²) < 4.78 is 0. The van der Waals surface area contributed by atoms with E-state index in [2.05, 4.69) is 15.9 Å². The first-order valence-corrected chi connectivity index (χ1v) is 8.29. The Morgan fingerprint density at radius 1 is 1.38 bits per heavy atom. The Balaban J connectivity index is 1.84. The predicted molar refractivity (Wildman–Crippen MR) is 82.8 cm³/mol. The van der Waals surface area contributed by atoms with Crippen molar-refractivity contribution in [2.24, 2.45) is 5.41 Å². The van der Waals surface area contributed by atoms with Gasteiger partial charge >= 0.3 is 0 Å². The number of nitro groups is 1. The molecule has 1 fully saturated rings. The molecule has 0 atom stereocenters. The fourth-order valence-corrected chi connectivity index (χ4v) is 3.93. The van der Waals surface area contributed by atoms with Crippen LogP contribution in [0.3, 0.4) is 0 Å². The van der Waals surface area contributed by atoms with Gasteiger partial charge in [-0.3, -0.25) is 14.9 Å². The number of carbonyl (C=O) groups excluding carboxylic acids is 1. The summed E-state index contributed by atoms with van der Waals surface area (Å²) in [4.78, 5) is 24.9. The van der Waals surface area contributed by atoms with Crippen LogP contribution in [0.1, 0.15) is 35.2 Å². The van der Waals surface area contributed by atoms with Gasteiger partial charge in [0.15, 0.2) is 0 Å². The van der Waals surface area contributed by atoms with Crippen LogP contribution in [-0.2, 0) is 6.42 Å². The highest BCUT2D eigenvalue weighted by Gasteiger charge is 2.39. The average Bonchev–Trinajstić information content (AvgIpc) is 2.44. The van der Waals surface area contributed by atoms with Crippen molar-refractivity contribution in [3.05, 3.63) is 39.4 Å². The third-order valence-electron chi connectivity index (χ3n) is 4.70. The number of rotatable bonds is 4. The molecule has 1 aliphatic heterocycles. The van der Waals surface area contributed by atoms with Crippen molar-refractivity contribution in [2.45, 2.75) is 25.7 Å². The fraction of sp³-hybridized carbons (Fsp3) is 0.533. The third kappa shape index (κ3) is 2.57. The van der Waals surface area contributed by atoms with Crippen molar-refractivity contribution in [3.63, 3.8) is 0 Å². The zero-order valence-electron chi connectivity index (χ0n) is 11.7. The second-order valence-corrected chi connectivity index (χ2v) is 6.62.